The molecule has 1 unspecified atom stereocenters. The van der Waals surface area contributed by atoms with Crippen molar-refractivity contribution in [2.24, 2.45) is 0 Å². The summed E-state index contributed by atoms with van der Waals surface area (Å²) in [5.74, 6) is 0.173. The summed E-state index contributed by atoms with van der Waals surface area (Å²) in [5.41, 5.74) is 2.02. The van der Waals surface area contributed by atoms with Crippen LogP contribution >= 0.6 is 0 Å². The summed E-state index contributed by atoms with van der Waals surface area (Å²) in [6, 6.07) is 19.6. The van der Waals surface area contributed by atoms with E-state index in [9.17, 15) is 8.42 Å². The van der Waals surface area contributed by atoms with Gasteiger partial charge in [-0.3, -0.25) is 0 Å². The molecular formula is C19H24N2O2S. The molecule has 2 aromatic carbocycles. The van der Waals surface area contributed by atoms with E-state index in [1.54, 1.807) is 4.31 Å². The topological polar surface area (TPSA) is 49.4 Å². The van der Waals surface area contributed by atoms with Crippen molar-refractivity contribution in [3.8, 4) is 0 Å². The highest BCUT2D eigenvalue weighted by atomic mass is 32.2. The van der Waals surface area contributed by atoms with Crippen LogP contribution in [0.25, 0.3) is 0 Å². The molecule has 0 saturated carbocycles. The first-order valence-electron chi connectivity index (χ1n) is 8.42. The first kappa shape index (κ1) is 17.1. The van der Waals surface area contributed by atoms with E-state index in [2.05, 4.69) is 5.32 Å². The number of sulfonamides is 1. The molecule has 4 nitrogen and oxygen atoms in total. The fourth-order valence-electron chi connectivity index (χ4n) is 3.09. The minimum atomic E-state index is -3.33. The molecule has 0 amide bonds. The summed E-state index contributed by atoms with van der Waals surface area (Å²) in [7, 11) is -3.33. The zero-order valence-corrected chi connectivity index (χ0v) is 14.6. The monoisotopic (exact) mass is 344 g/mol. The molecular weight excluding hydrogens is 320 g/mol. The minimum Gasteiger partial charge on any atom is -0.313 e. The van der Waals surface area contributed by atoms with Crippen molar-refractivity contribution in [1.82, 2.24) is 9.62 Å². The van der Waals surface area contributed by atoms with Crippen molar-refractivity contribution in [3.05, 3.63) is 71.8 Å². The second-order valence-electron chi connectivity index (χ2n) is 6.31. The van der Waals surface area contributed by atoms with E-state index in [0.717, 1.165) is 30.5 Å². The molecule has 24 heavy (non-hydrogen) atoms. The smallest absolute Gasteiger partial charge is 0.216 e. The van der Waals surface area contributed by atoms with Crippen molar-refractivity contribution in [3.63, 3.8) is 0 Å². The van der Waals surface area contributed by atoms with Gasteiger partial charge in [0.1, 0.15) is 0 Å². The van der Waals surface area contributed by atoms with Crippen molar-refractivity contribution < 1.29 is 8.42 Å². The lowest BCUT2D eigenvalue weighted by Crippen LogP contribution is -2.39. The summed E-state index contributed by atoms with van der Waals surface area (Å²) < 4.78 is 27.6. The molecule has 5 heteroatoms. The first-order chi connectivity index (χ1) is 11.6. The predicted octanol–water partition coefficient (Wildman–Crippen LogP) is 2.77. The van der Waals surface area contributed by atoms with Crippen molar-refractivity contribution >= 4 is 10.0 Å². The minimum absolute atomic E-state index is 0.0732. The summed E-state index contributed by atoms with van der Waals surface area (Å²) in [4.78, 5) is 0. The Balaban J connectivity index is 1.80. The summed E-state index contributed by atoms with van der Waals surface area (Å²) in [6.45, 7) is 1.73. The quantitative estimate of drug-likeness (QED) is 0.840. The van der Waals surface area contributed by atoms with Gasteiger partial charge in [0.2, 0.25) is 10.0 Å². The third-order valence-corrected chi connectivity index (χ3v) is 6.24. The SMILES string of the molecule is O=S(=O)(CC1CCCN1)N(Cc1ccccc1)Cc1ccccc1. The Bertz CT molecular complexity index is 685. The molecule has 128 valence electrons. The molecule has 1 aliphatic rings. The Morgan fingerprint density at radius 2 is 1.46 bits per heavy atom. The number of nitrogens with zero attached hydrogens (tertiary/aromatic N) is 1. The van der Waals surface area contributed by atoms with Gasteiger partial charge in [-0.1, -0.05) is 60.7 Å². The molecule has 0 radical (unpaired) electrons. The second kappa shape index (κ2) is 7.92. The van der Waals surface area contributed by atoms with Crippen LogP contribution in [0.15, 0.2) is 60.7 Å². The molecule has 0 spiro atoms. The number of nitrogens with one attached hydrogen (secondary N) is 1. The molecule has 1 atom stereocenters. The average molecular weight is 344 g/mol. The lowest BCUT2D eigenvalue weighted by Gasteiger charge is -2.24. The standard InChI is InChI=1S/C19H24N2O2S/c22-24(23,16-19-12-7-13-20-19)21(14-17-8-3-1-4-9-17)15-18-10-5-2-6-11-18/h1-6,8-11,19-20H,7,12-16H2. The van der Waals surface area contributed by atoms with Gasteiger partial charge in [-0.25, -0.2) is 8.42 Å². The van der Waals surface area contributed by atoms with E-state index in [4.69, 9.17) is 0 Å². The van der Waals surface area contributed by atoms with Crippen LogP contribution in [0.2, 0.25) is 0 Å². The molecule has 1 aliphatic heterocycles. The molecule has 0 bridgehead atoms. The fourth-order valence-corrected chi connectivity index (χ4v) is 4.78. The van der Waals surface area contributed by atoms with Gasteiger partial charge in [0.25, 0.3) is 0 Å². The van der Waals surface area contributed by atoms with Crippen molar-refractivity contribution in [2.45, 2.75) is 32.0 Å². The lowest BCUT2D eigenvalue weighted by molar-refractivity contribution is 0.397. The maximum Gasteiger partial charge on any atom is 0.216 e. The molecule has 1 fully saturated rings. The summed E-state index contributed by atoms with van der Waals surface area (Å²) in [5, 5.41) is 3.29. The van der Waals surface area contributed by atoms with E-state index < -0.39 is 10.0 Å². The van der Waals surface area contributed by atoms with Crippen LogP contribution in [-0.2, 0) is 23.1 Å². The average Bonchev–Trinajstić information content (AvgIpc) is 3.08. The van der Waals surface area contributed by atoms with Gasteiger partial charge in [-0.2, -0.15) is 4.31 Å². The van der Waals surface area contributed by atoms with Crippen LogP contribution in [0.1, 0.15) is 24.0 Å². The van der Waals surface area contributed by atoms with Crippen molar-refractivity contribution in [2.75, 3.05) is 12.3 Å². The van der Waals surface area contributed by atoms with Crippen LogP contribution in [0, 0.1) is 0 Å². The maximum absolute atomic E-state index is 13.0. The van der Waals surface area contributed by atoms with Gasteiger partial charge in [-0.05, 0) is 30.5 Å². The van der Waals surface area contributed by atoms with Gasteiger partial charge in [0.15, 0.2) is 0 Å². The summed E-state index contributed by atoms with van der Waals surface area (Å²) in [6.07, 6.45) is 1.99. The number of hydrogen-bond acceptors (Lipinski definition) is 3. The van der Waals surface area contributed by atoms with Crippen LogP contribution in [-0.4, -0.2) is 31.1 Å². The fraction of sp³-hybridized carbons (Fsp3) is 0.368. The molecule has 1 N–H and O–H groups in total. The van der Waals surface area contributed by atoms with Crippen LogP contribution in [0.5, 0.6) is 0 Å². The molecule has 1 saturated heterocycles. The van der Waals surface area contributed by atoms with Crippen LogP contribution < -0.4 is 5.32 Å². The molecule has 2 aromatic rings. The van der Waals surface area contributed by atoms with Crippen molar-refractivity contribution in [1.29, 1.82) is 0 Å². The Hall–Kier alpha value is -1.69. The van der Waals surface area contributed by atoms with Gasteiger partial charge in [0.05, 0.1) is 5.75 Å². The molecule has 0 aliphatic carbocycles. The Morgan fingerprint density at radius 3 is 1.92 bits per heavy atom. The number of benzene rings is 2. The number of rotatable bonds is 7. The Morgan fingerprint density at radius 1 is 0.917 bits per heavy atom. The Kier molecular flexibility index (Phi) is 5.66. The molecule has 1 heterocycles. The van der Waals surface area contributed by atoms with Gasteiger partial charge < -0.3 is 5.32 Å². The van der Waals surface area contributed by atoms with E-state index >= 15 is 0 Å². The van der Waals surface area contributed by atoms with Crippen LogP contribution in [0.3, 0.4) is 0 Å². The van der Waals surface area contributed by atoms with Gasteiger partial charge in [-0.15, -0.1) is 0 Å². The first-order valence-corrected chi connectivity index (χ1v) is 10.0. The largest absolute Gasteiger partial charge is 0.313 e. The summed E-state index contributed by atoms with van der Waals surface area (Å²) >= 11 is 0. The highest BCUT2D eigenvalue weighted by molar-refractivity contribution is 7.89. The number of hydrogen-bond donors (Lipinski definition) is 1. The molecule has 3 rings (SSSR count). The van der Waals surface area contributed by atoms with E-state index in [1.807, 2.05) is 60.7 Å². The third-order valence-electron chi connectivity index (χ3n) is 4.37. The van der Waals surface area contributed by atoms with Crippen LogP contribution in [0.4, 0.5) is 0 Å². The lowest BCUT2D eigenvalue weighted by atomic mass is 10.2. The third kappa shape index (κ3) is 4.66. The van der Waals surface area contributed by atoms with Gasteiger partial charge >= 0.3 is 0 Å². The maximum atomic E-state index is 13.0. The highest BCUT2D eigenvalue weighted by Crippen LogP contribution is 2.17. The zero-order valence-electron chi connectivity index (χ0n) is 13.8. The van der Waals surface area contributed by atoms with Gasteiger partial charge in [0, 0.05) is 19.1 Å². The highest BCUT2D eigenvalue weighted by Gasteiger charge is 2.28. The van der Waals surface area contributed by atoms with E-state index in [1.165, 1.54) is 0 Å². The normalized spacial score (nSPS) is 18.1. The predicted molar refractivity (Wildman–Crippen MR) is 96.9 cm³/mol. The second-order valence-corrected chi connectivity index (χ2v) is 8.32. The van der Waals surface area contributed by atoms with E-state index in [-0.39, 0.29) is 11.8 Å². The van der Waals surface area contributed by atoms with E-state index in [0.29, 0.717) is 13.1 Å². The molecule has 0 aromatic heterocycles. The zero-order chi connectivity index (χ0) is 16.8. The Labute approximate surface area is 144 Å².